The minimum Gasteiger partial charge on any atom is -0.477 e. The highest BCUT2D eigenvalue weighted by molar-refractivity contribution is 6.36. The fourth-order valence-corrected chi connectivity index (χ4v) is 1.89. The van der Waals surface area contributed by atoms with Gasteiger partial charge in [-0.1, -0.05) is 5.16 Å². The van der Waals surface area contributed by atoms with E-state index < -0.39 is 11.6 Å². The zero-order chi connectivity index (χ0) is 10.0. The van der Waals surface area contributed by atoms with Crippen molar-refractivity contribution < 1.29 is 19.5 Å². The third-order valence-electron chi connectivity index (χ3n) is 2.71. The summed E-state index contributed by atoms with van der Waals surface area (Å²) in [4.78, 5) is 15.9. The predicted molar refractivity (Wildman–Crippen MR) is 48.2 cm³/mol. The highest BCUT2D eigenvalue weighted by Crippen LogP contribution is 2.33. The smallest absolute Gasteiger partial charge is 0.353 e. The molecule has 5 heteroatoms. The van der Waals surface area contributed by atoms with Crippen LogP contribution in [0, 0.1) is 0 Å². The summed E-state index contributed by atoms with van der Waals surface area (Å²) in [5.74, 6) is -0.980. The second-order valence-electron chi connectivity index (χ2n) is 3.76. The average molecular weight is 199 g/mol. The first-order valence-corrected chi connectivity index (χ1v) is 4.78. The molecule has 2 aliphatic heterocycles. The van der Waals surface area contributed by atoms with Crippen LogP contribution in [0.3, 0.4) is 0 Å². The minimum atomic E-state index is -0.980. The number of ether oxygens (including phenoxy) is 1. The Morgan fingerprint density at radius 2 is 2.29 bits per heavy atom. The molecule has 2 heterocycles. The number of hydrogen-bond donors (Lipinski definition) is 1. The maximum Gasteiger partial charge on any atom is 0.353 e. The van der Waals surface area contributed by atoms with Crippen LogP contribution in [0.15, 0.2) is 5.16 Å². The molecular weight excluding hydrogens is 186 g/mol. The molecule has 0 aliphatic carbocycles. The summed E-state index contributed by atoms with van der Waals surface area (Å²) in [5.41, 5.74) is -0.267. The van der Waals surface area contributed by atoms with Gasteiger partial charge in [0, 0.05) is 19.4 Å². The van der Waals surface area contributed by atoms with Gasteiger partial charge in [0.15, 0.2) is 5.71 Å². The lowest BCUT2D eigenvalue weighted by Crippen LogP contribution is -2.30. The third kappa shape index (κ3) is 1.72. The first-order valence-electron chi connectivity index (χ1n) is 4.78. The summed E-state index contributed by atoms with van der Waals surface area (Å²) in [6.45, 7) is 1.36. The number of carboxylic acids is 1. The molecule has 1 spiro atoms. The highest BCUT2D eigenvalue weighted by Gasteiger charge is 2.41. The van der Waals surface area contributed by atoms with Crippen molar-refractivity contribution in [3.8, 4) is 0 Å². The van der Waals surface area contributed by atoms with Crippen molar-refractivity contribution in [2.75, 3.05) is 13.2 Å². The van der Waals surface area contributed by atoms with Crippen LogP contribution in [-0.2, 0) is 14.4 Å². The summed E-state index contributed by atoms with van der Waals surface area (Å²) >= 11 is 0. The molecule has 0 radical (unpaired) electrons. The van der Waals surface area contributed by atoms with Gasteiger partial charge < -0.3 is 14.7 Å². The summed E-state index contributed by atoms with van der Waals surface area (Å²) in [5, 5.41) is 12.4. The number of hydrogen-bond acceptors (Lipinski definition) is 4. The van der Waals surface area contributed by atoms with Crippen LogP contribution in [0.1, 0.15) is 25.7 Å². The van der Waals surface area contributed by atoms with Crippen molar-refractivity contribution in [1.82, 2.24) is 0 Å². The van der Waals surface area contributed by atoms with E-state index in [1.54, 1.807) is 0 Å². The van der Waals surface area contributed by atoms with Gasteiger partial charge >= 0.3 is 5.97 Å². The lowest BCUT2D eigenvalue weighted by atomic mass is 9.90. The number of aliphatic carboxylic acids is 1. The number of carboxylic acid groups (broad SMARTS) is 1. The van der Waals surface area contributed by atoms with E-state index >= 15 is 0 Å². The number of oxime groups is 1. The van der Waals surface area contributed by atoms with Gasteiger partial charge in [0.2, 0.25) is 0 Å². The van der Waals surface area contributed by atoms with E-state index in [9.17, 15) is 4.79 Å². The van der Waals surface area contributed by atoms with Gasteiger partial charge in [-0.3, -0.25) is 0 Å². The molecule has 0 aromatic rings. The summed E-state index contributed by atoms with van der Waals surface area (Å²) in [7, 11) is 0. The molecular formula is C9H13NO4. The average Bonchev–Trinajstić information content (AvgIpc) is 2.41. The molecule has 14 heavy (non-hydrogen) atoms. The lowest BCUT2D eigenvalue weighted by molar-refractivity contribution is -0.129. The van der Waals surface area contributed by atoms with Crippen LogP contribution >= 0.6 is 0 Å². The highest BCUT2D eigenvalue weighted by atomic mass is 16.7. The Balaban J connectivity index is 2.03. The van der Waals surface area contributed by atoms with E-state index in [-0.39, 0.29) is 5.71 Å². The summed E-state index contributed by atoms with van der Waals surface area (Å²) in [6.07, 6.45) is 2.87. The van der Waals surface area contributed by atoms with Gasteiger partial charge in [-0.15, -0.1) is 0 Å². The molecule has 1 N–H and O–H groups in total. The maximum absolute atomic E-state index is 10.7. The Hall–Kier alpha value is -1.10. The fourth-order valence-electron chi connectivity index (χ4n) is 1.89. The Morgan fingerprint density at radius 3 is 3.00 bits per heavy atom. The Labute approximate surface area is 81.7 Å². The van der Waals surface area contributed by atoms with Gasteiger partial charge in [-0.2, -0.15) is 0 Å². The van der Waals surface area contributed by atoms with Crippen molar-refractivity contribution >= 4 is 11.7 Å². The van der Waals surface area contributed by atoms with E-state index in [1.165, 1.54) is 0 Å². The molecule has 2 aliphatic rings. The topological polar surface area (TPSA) is 68.1 Å². The largest absolute Gasteiger partial charge is 0.477 e. The SMILES string of the molecule is O=C(O)C1=NOC2(CCCOCC2)C1. The monoisotopic (exact) mass is 199 g/mol. The van der Waals surface area contributed by atoms with Crippen molar-refractivity contribution in [2.24, 2.45) is 5.16 Å². The van der Waals surface area contributed by atoms with E-state index in [1.807, 2.05) is 0 Å². The van der Waals surface area contributed by atoms with Gasteiger partial charge in [-0.25, -0.2) is 4.79 Å². The lowest BCUT2D eigenvalue weighted by Gasteiger charge is -2.23. The molecule has 5 nitrogen and oxygen atoms in total. The second kappa shape index (κ2) is 3.57. The quantitative estimate of drug-likeness (QED) is 0.677. The third-order valence-corrected chi connectivity index (χ3v) is 2.71. The van der Waals surface area contributed by atoms with E-state index in [2.05, 4.69) is 5.16 Å². The summed E-state index contributed by atoms with van der Waals surface area (Å²) < 4.78 is 5.30. The Morgan fingerprint density at radius 1 is 1.43 bits per heavy atom. The first-order chi connectivity index (χ1) is 6.72. The molecule has 78 valence electrons. The molecule has 0 bridgehead atoms. The fraction of sp³-hybridized carbons (Fsp3) is 0.778. The number of rotatable bonds is 1. The van der Waals surface area contributed by atoms with Crippen LogP contribution in [0.2, 0.25) is 0 Å². The van der Waals surface area contributed by atoms with Gasteiger partial charge in [-0.05, 0) is 12.8 Å². The molecule has 1 atom stereocenters. The van der Waals surface area contributed by atoms with Crippen LogP contribution in [0.4, 0.5) is 0 Å². The summed E-state index contributed by atoms with van der Waals surface area (Å²) in [6, 6.07) is 0. The van der Waals surface area contributed by atoms with Crippen LogP contribution < -0.4 is 0 Å². The Kier molecular flexibility index (Phi) is 2.41. The molecule has 1 fully saturated rings. The van der Waals surface area contributed by atoms with Crippen molar-refractivity contribution in [3.05, 3.63) is 0 Å². The maximum atomic E-state index is 10.7. The molecule has 0 amide bonds. The van der Waals surface area contributed by atoms with Crippen LogP contribution in [0.25, 0.3) is 0 Å². The standard InChI is InChI=1S/C9H13NO4/c11-8(12)7-6-9(14-10-7)2-1-4-13-5-3-9/h1-6H2,(H,11,12). The Bertz CT molecular complexity index is 266. The van der Waals surface area contributed by atoms with Crippen molar-refractivity contribution in [3.63, 3.8) is 0 Å². The molecule has 1 saturated heterocycles. The van der Waals surface area contributed by atoms with E-state index in [0.717, 1.165) is 25.9 Å². The van der Waals surface area contributed by atoms with Gasteiger partial charge in [0.25, 0.3) is 0 Å². The van der Waals surface area contributed by atoms with Crippen molar-refractivity contribution in [1.29, 1.82) is 0 Å². The normalized spacial score (nSPS) is 32.1. The van der Waals surface area contributed by atoms with Crippen LogP contribution in [-0.4, -0.2) is 35.6 Å². The number of carbonyl (C=O) groups is 1. The molecule has 0 aromatic carbocycles. The zero-order valence-electron chi connectivity index (χ0n) is 7.86. The second-order valence-corrected chi connectivity index (χ2v) is 3.76. The van der Waals surface area contributed by atoms with E-state index in [0.29, 0.717) is 13.0 Å². The number of nitrogens with zero attached hydrogens (tertiary/aromatic N) is 1. The van der Waals surface area contributed by atoms with E-state index in [4.69, 9.17) is 14.7 Å². The van der Waals surface area contributed by atoms with Gasteiger partial charge in [0.05, 0.1) is 6.61 Å². The van der Waals surface area contributed by atoms with Crippen molar-refractivity contribution in [2.45, 2.75) is 31.3 Å². The zero-order valence-corrected chi connectivity index (χ0v) is 7.86. The van der Waals surface area contributed by atoms with Crippen LogP contribution in [0.5, 0.6) is 0 Å². The van der Waals surface area contributed by atoms with Gasteiger partial charge in [0.1, 0.15) is 5.60 Å². The first kappa shape index (κ1) is 9.45. The molecule has 1 unspecified atom stereocenters. The molecule has 0 aromatic heterocycles. The minimum absolute atomic E-state index is 0.131. The molecule has 0 saturated carbocycles. The predicted octanol–water partition coefficient (Wildman–Crippen LogP) is 0.787. The molecule has 2 rings (SSSR count).